The summed E-state index contributed by atoms with van der Waals surface area (Å²) in [6, 6.07) is 0.420. The molecule has 0 radical (unpaired) electrons. The Balaban J connectivity index is 1.97. The number of amides is 1. The number of fused-ring (bicyclic) bond motifs is 1. The zero-order chi connectivity index (χ0) is 15.0. The first-order chi connectivity index (χ1) is 9.23. The van der Waals surface area contributed by atoms with Crippen molar-refractivity contribution in [2.24, 2.45) is 5.41 Å². The highest BCUT2D eigenvalue weighted by Crippen LogP contribution is 2.48. The third-order valence-corrected chi connectivity index (χ3v) is 4.66. The molecular formula is C16H30N2O2. The molecule has 0 unspecified atom stereocenters. The molecular weight excluding hydrogens is 252 g/mol. The molecule has 2 rings (SSSR count). The maximum absolute atomic E-state index is 11.6. The highest BCUT2D eigenvalue weighted by Gasteiger charge is 2.50. The van der Waals surface area contributed by atoms with Gasteiger partial charge in [-0.1, -0.05) is 20.8 Å². The molecule has 0 aromatic heterocycles. The quantitative estimate of drug-likeness (QED) is 0.797. The highest BCUT2D eigenvalue weighted by atomic mass is 16.6. The van der Waals surface area contributed by atoms with Gasteiger partial charge in [0, 0.05) is 25.7 Å². The second kappa shape index (κ2) is 5.55. The van der Waals surface area contributed by atoms with Crippen LogP contribution in [0.15, 0.2) is 0 Å². The van der Waals surface area contributed by atoms with Crippen molar-refractivity contribution in [3.8, 4) is 0 Å². The Morgan fingerprint density at radius 2 is 2.05 bits per heavy atom. The van der Waals surface area contributed by atoms with Crippen molar-refractivity contribution in [3.63, 3.8) is 0 Å². The van der Waals surface area contributed by atoms with Gasteiger partial charge in [-0.05, 0) is 44.1 Å². The molecule has 4 nitrogen and oxygen atoms in total. The third kappa shape index (κ3) is 3.27. The number of hydrogen-bond acceptors (Lipinski definition) is 3. The Morgan fingerprint density at radius 1 is 1.35 bits per heavy atom. The maximum atomic E-state index is 11.6. The van der Waals surface area contributed by atoms with Crippen LogP contribution in [0.2, 0.25) is 0 Å². The summed E-state index contributed by atoms with van der Waals surface area (Å²) in [6.45, 7) is 8.70. The van der Waals surface area contributed by atoms with Crippen LogP contribution in [-0.4, -0.2) is 54.7 Å². The predicted octanol–water partition coefficient (Wildman–Crippen LogP) is 3.12. The highest BCUT2D eigenvalue weighted by molar-refractivity contribution is 5.66. The van der Waals surface area contributed by atoms with Crippen LogP contribution in [0.1, 0.15) is 52.9 Å². The molecule has 0 N–H and O–H groups in total. The summed E-state index contributed by atoms with van der Waals surface area (Å²) in [5.41, 5.74) is 0.727. The summed E-state index contributed by atoms with van der Waals surface area (Å²) in [5, 5.41) is 0. The molecule has 0 aromatic rings. The van der Waals surface area contributed by atoms with Crippen molar-refractivity contribution in [1.82, 2.24) is 9.80 Å². The minimum atomic E-state index is -0.225. The molecule has 0 saturated carbocycles. The minimum Gasteiger partial charge on any atom is -0.448 e. The van der Waals surface area contributed by atoms with Gasteiger partial charge in [0.05, 0.1) is 0 Å². The van der Waals surface area contributed by atoms with Gasteiger partial charge in [0.15, 0.2) is 0 Å². The molecule has 0 aromatic carbocycles. The van der Waals surface area contributed by atoms with Crippen molar-refractivity contribution in [3.05, 3.63) is 0 Å². The standard InChI is InChI=1S/C16H30N2O2/c1-15(2,3)12-16-8-6-10-18(16)13(7-9-16)11-20-14(19)17(4)5/h13H,6-12H2,1-5H3/t13-,16+/m1/s1. The first kappa shape index (κ1) is 15.6. The molecule has 0 spiro atoms. The zero-order valence-corrected chi connectivity index (χ0v) is 13.7. The van der Waals surface area contributed by atoms with E-state index in [2.05, 4.69) is 25.7 Å². The van der Waals surface area contributed by atoms with E-state index < -0.39 is 0 Å². The molecule has 2 aliphatic heterocycles. The lowest BCUT2D eigenvalue weighted by Crippen LogP contribution is -2.46. The van der Waals surface area contributed by atoms with E-state index in [0.717, 1.165) is 6.42 Å². The van der Waals surface area contributed by atoms with Gasteiger partial charge in [-0.25, -0.2) is 4.79 Å². The second-order valence-corrected chi connectivity index (χ2v) is 7.92. The number of carbonyl (C=O) groups excluding carboxylic acids is 1. The normalized spacial score (nSPS) is 30.4. The third-order valence-electron chi connectivity index (χ3n) is 4.66. The van der Waals surface area contributed by atoms with Crippen LogP contribution < -0.4 is 0 Å². The molecule has 116 valence electrons. The topological polar surface area (TPSA) is 32.8 Å². The first-order valence-corrected chi connectivity index (χ1v) is 7.84. The van der Waals surface area contributed by atoms with E-state index in [1.165, 1.54) is 37.1 Å². The van der Waals surface area contributed by atoms with Gasteiger partial charge in [-0.15, -0.1) is 0 Å². The van der Waals surface area contributed by atoms with Crippen molar-refractivity contribution >= 4 is 6.09 Å². The van der Waals surface area contributed by atoms with E-state index in [4.69, 9.17) is 4.74 Å². The summed E-state index contributed by atoms with van der Waals surface area (Å²) in [4.78, 5) is 15.7. The van der Waals surface area contributed by atoms with Crippen LogP contribution in [0.25, 0.3) is 0 Å². The lowest BCUT2D eigenvalue weighted by molar-refractivity contribution is 0.0544. The number of rotatable bonds is 3. The Kier molecular flexibility index (Phi) is 4.33. The van der Waals surface area contributed by atoms with Gasteiger partial charge >= 0.3 is 6.09 Å². The lowest BCUT2D eigenvalue weighted by Gasteiger charge is -2.39. The Morgan fingerprint density at radius 3 is 2.65 bits per heavy atom. The predicted molar refractivity (Wildman–Crippen MR) is 80.8 cm³/mol. The van der Waals surface area contributed by atoms with Crippen LogP contribution >= 0.6 is 0 Å². The van der Waals surface area contributed by atoms with Crippen molar-refractivity contribution < 1.29 is 9.53 Å². The van der Waals surface area contributed by atoms with Gasteiger partial charge < -0.3 is 9.64 Å². The first-order valence-electron chi connectivity index (χ1n) is 7.84. The number of nitrogens with zero attached hydrogens (tertiary/aromatic N) is 2. The molecule has 1 amide bonds. The summed E-state index contributed by atoms with van der Waals surface area (Å²) < 4.78 is 5.42. The summed E-state index contributed by atoms with van der Waals surface area (Å²) in [6.07, 6.45) is 6.04. The van der Waals surface area contributed by atoms with Crippen LogP contribution in [-0.2, 0) is 4.74 Å². The lowest BCUT2D eigenvalue weighted by atomic mass is 9.77. The summed E-state index contributed by atoms with van der Waals surface area (Å²) in [5.74, 6) is 0. The Bertz CT molecular complexity index is 362. The fraction of sp³-hybridized carbons (Fsp3) is 0.938. The summed E-state index contributed by atoms with van der Waals surface area (Å²) >= 11 is 0. The van der Waals surface area contributed by atoms with E-state index in [9.17, 15) is 4.79 Å². The van der Waals surface area contributed by atoms with Crippen molar-refractivity contribution in [1.29, 1.82) is 0 Å². The van der Waals surface area contributed by atoms with E-state index in [-0.39, 0.29) is 6.09 Å². The molecule has 2 heterocycles. The molecule has 4 heteroatoms. The second-order valence-electron chi connectivity index (χ2n) is 7.92. The maximum Gasteiger partial charge on any atom is 0.409 e. The van der Waals surface area contributed by atoms with E-state index in [1.54, 1.807) is 14.1 Å². The molecule has 2 fully saturated rings. The summed E-state index contributed by atoms with van der Waals surface area (Å²) in [7, 11) is 3.47. The van der Waals surface area contributed by atoms with Crippen molar-refractivity contribution in [2.75, 3.05) is 27.2 Å². The molecule has 2 atom stereocenters. The molecule has 2 aliphatic rings. The number of ether oxygens (including phenoxy) is 1. The van der Waals surface area contributed by atoms with E-state index >= 15 is 0 Å². The van der Waals surface area contributed by atoms with Gasteiger partial charge in [0.1, 0.15) is 6.61 Å². The Labute approximate surface area is 123 Å². The largest absolute Gasteiger partial charge is 0.448 e. The van der Waals surface area contributed by atoms with Crippen molar-refractivity contribution in [2.45, 2.75) is 64.5 Å². The minimum absolute atomic E-state index is 0.225. The Hall–Kier alpha value is -0.770. The zero-order valence-electron chi connectivity index (χ0n) is 13.7. The molecule has 0 bridgehead atoms. The van der Waals surface area contributed by atoms with Crippen LogP contribution in [0, 0.1) is 5.41 Å². The van der Waals surface area contributed by atoms with Crippen LogP contribution in [0.4, 0.5) is 4.79 Å². The average molecular weight is 282 g/mol. The monoisotopic (exact) mass is 282 g/mol. The molecule has 20 heavy (non-hydrogen) atoms. The van der Waals surface area contributed by atoms with E-state index in [0.29, 0.717) is 23.6 Å². The fourth-order valence-electron chi connectivity index (χ4n) is 4.12. The van der Waals surface area contributed by atoms with Gasteiger partial charge in [0.25, 0.3) is 0 Å². The van der Waals surface area contributed by atoms with E-state index in [1.807, 2.05) is 0 Å². The number of hydrogen-bond donors (Lipinski definition) is 0. The molecule has 2 saturated heterocycles. The fourth-order valence-corrected chi connectivity index (χ4v) is 4.12. The van der Waals surface area contributed by atoms with Gasteiger partial charge in [0.2, 0.25) is 0 Å². The van der Waals surface area contributed by atoms with Gasteiger partial charge in [-0.3, -0.25) is 4.90 Å². The number of carbonyl (C=O) groups is 1. The SMILES string of the molecule is CN(C)C(=O)OC[C@H]1CC[C@]2(CC(C)(C)C)CCCN12. The van der Waals surface area contributed by atoms with Crippen LogP contribution in [0.5, 0.6) is 0 Å². The average Bonchev–Trinajstić information content (AvgIpc) is 2.82. The smallest absolute Gasteiger partial charge is 0.409 e. The van der Waals surface area contributed by atoms with Crippen LogP contribution in [0.3, 0.4) is 0 Å². The van der Waals surface area contributed by atoms with Gasteiger partial charge in [-0.2, -0.15) is 0 Å². The molecule has 0 aliphatic carbocycles.